The number of ether oxygens (including phenoxy) is 3. The van der Waals surface area contributed by atoms with Crippen LogP contribution in [0.2, 0.25) is 0 Å². The van der Waals surface area contributed by atoms with Crippen LogP contribution in [0.5, 0.6) is 0 Å². The van der Waals surface area contributed by atoms with Crippen molar-refractivity contribution in [2.75, 3.05) is 19.8 Å². The maximum absolute atomic E-state index is 14.0. The third-order valence-corrected chi connectivity index (χ3v) is 11.8. The molecule has 1 amide bonds. The minimum absolute atomic E-state index is 0.0618. The zero-order valence-corrected chi connectivity index (χ0v) is 33.0. The molecule has 0 spiro atoms. The molecule has 8 nitrogen and oxygen atoms in total. The van der Waals surface area contributed by atoms with E-state index >= 15 is 0 Å². The number of aromatic nitrogens is 2. The lowest BCUT2D eigenvalue weighted by molar-refractivity contribution is -0.0814. The number of unbranched alkanes of at least 4 members (excludes halogenated alkanes) is 5. The van der Waals surface area contributed by atoms with Crippen molar-refractivity contribution in [2.24, 2.45) is 0 Å². The summed E-state index contributed by atoms with van der Waals surface area (Å²) >= 11 is 0. The number of fused-ring (bicyclic) bond motifs is 3. The van der Waals surface area contributed by atoms with Crippen molar-refractivity contribution in [3.63, 3.8) is 0 Å². The maximum atomic E-state index is 14.0. The molecule has 1 aliphatic heterocycles. The molecule has 2 unspecified atom stereocenters. The van der Waals surface area contributed by atoms with Gasteiger partial charge in [0.05, 0.1) is 25.1 Å². The first-order chi connectivity index (χ1) is 28.7. The van der Waals surface area contributed by atoms with Crippen LogP contribution in [0.1, 0.15) is 84.4 Å². The quantitative estimate of drug-likeness (QED) is 0.0668. The lowest BCUT2D eigenvalue weighted by Crippen LogP contribution is -2.47. The van der Waals surface area contributed by atoms with E-state index in [1.807, 2.05) is 42.9 Å². The van der Waals surface area contributed by atoms with Crippen molar-refractivity contribution in [1.82, 2.24) is 14.9 Å². The van der Waals surface area contributed by atoms with E-state index in [1.54, 1.807) is 0 Å². The lowest BCUT2D eigenvalue weighted by Gasteiger charge is -2.39. The number of hydrogen-bond donors (Lipinski definition) is 2. The minimum Gasteiger partial charge on any atom is -0.449 e. The number of nitrogens with one attached hydrogen (secondary N) is 1. The molecule has 0 saturated carbocycles. The van der Waals surface area contributed by atoms with E-state index < -0.39 is 24.0 Å². The van der Waals surface area contributed by atoms with Gasteiger partial charge < -0.3 is 29.2 Å². The molecular formula is C50H53N3O5. The number of hydrogen-bond acceptors (Lipinski definition) is 6. The molecular weight excluding hydrogens is 723 g/mol. The van der Waals surface area contributed by atoms with Gasteiger partial charge in [0.2, 0.25) is 0 Å². The highest BCUT2D eigenvalue weighted by atomic mass is 16.7. The first kappa shape index (κ1) is 39.3. The second-order valence-corrected chi connectivity index (χ2v) is 15.4. The van der Waals surface area contributed by atoms with Crippen LogP contribution in [0.3, 0.4) is 0 Å². The number of alkyl carbamates (subject to hydrolysis) is 1. The number of aliphatic hydroxyl groups is 1. The first-order valence-electron chi connectivity index (χ1n) is 20.8. The molecule has 8 rings (SSSR count). The van der Waals surface area contributed by atoms with E-state index in [0.717, 1.165) is 78.5 Å². The van der Waals surface area contributed by atoms with Crippen molar-refractivity contribution >= 4 is 6.09 Å². The number of benzene rings is 5. The average molecular weight is 776 g/mol. The molecule has 2 aliphatic rings. The Bertz CT molecular complexity index is 2070. The number of nitrogens with zero attached hydrogens (tertiary/aromatic N) is 2. The molecule has 298 valence electrons. The van der Waals surface area contributed by atoms with Crippen LogP contribution in [0, 0.1) is 0 Å². The fourth-order valence-corrected chi connectivity index (χ4v) is 8.99. The summed E-state index contributed by atoms with van der Waals surface area (Å²) in [5.41, 5.74) is 8.05. The predicted octanol–water partition coefficient (Wildman–Crippen LogP) is 9.64. The van der Waals surface area contributed by atoms with E-state index in [4.69, 9.17) is 24.3 Å². The highest BCUT2D eigenvalue weighted by molar-refractivity contribution is 5.79. The van der Waals surface area contributed by atoms with Gasteiger partial charge in [0, 0.05) is 30.8 Å². The number of carbonyl (C=O) groups excluding carboxylic acids is 1. The molecule has 5 aromatic carbocycles. The van der Waals surface area contributed by atoms with Crippen LogP contribution in [-0.4, -0.2) is 59.0 Å². The number of amides is 1. The Morgan fingerprint density at radius 2 is 1.28 bits per heavy atom. The van der Waals surface area contributed by atoms with E-state index in [1.165, 1.54) is 11.1 Å². The van der Waals surface area contributed by atoms with Gasteiger partial charge in [-0.05, 0) is 51.8 Å². The van der Waals surface area contributed by atoms with Gasteiger partial charge in [-0.3, -0.25) is 0 Å². The fourth-order valence-electron chi connectivity index (χ4n) is 8.99. The predicted molar refractivity (Wildman–Crippen MR) is 227 cm³/mol. The number of aliphatic hydroxyl groups excluding tert-OH is 1. The van der Waals surface area contributed by atoms with Crippen molar-refractivity contribution in [3.05, 3.63) is 186 Å². The Morgan fingerprint density at radius 1 is 0.741 bits per heavy atom. The fraction of sp³-hybridized carbons (Fsp3) is 0.320. The smallest absolute Gasteiger partial charge is 0.407 e. The van der Waals surface area contributed by atoms with Gasteiger partial charge in [-0.2, -0.15) is 0 Å². The topological polar surface area (TPSA) is 94.8 Å². The Hall–Kier alpha value is -5.54. The molecule has 1 aromatic heterocycles. The van der Waals surface area contributed by atoms with Crippen molar-refractivity contribution < 1.29 is 24.1 Å². The summed E-state index contributed by atoms with van der Waals surface area (Å²) in [5.74, 6) is -0.0618. The largest absolute Gasteiger partial charge is 0.449 e. The van der Waals surface area contributed by atoms with Crippen LogP contribution < -0.4 is 5.32 Å². The summed E-state index contributed by atoms with van der Waals surface area (Å²) in [6.07, 6.45) is 10.1. The van der Waals surface area contributed by atoms with Crippen LogP contribution >= 0.6 is 0 Å². The standard InChI is InChI=1S/C50H53N3O5/c54-31-19-4-2-1-3-14-26-41-34-56-48(58-41)47(52-49(55)57-35-46-44-29-17-15-27-42(44)43-28-16-18-30-45(43)46)32-40-33-51-36-53(40)50(37-20-8-5-9-21-37,38-22-10-6-11-23-38)39-24-12-7-13-25-39/h5-13,15-18,20-25,27-30,33,36,41,46-48,54H,1-4,14,19,26,31-32,34-35H2,(H,52,55)/t41?,47-,48?/m0/s1. The Kier molecular flexibility index (Phi) is 12.7. The van der Waals surface area contributed by atoms with Crippen molar-refractivity contribution in [1.29, 1.82) is 0 Å². The normalized spacial score (nSPS) is 16.8. The highest BCUT2D eigenvalue weighted by Gasteiger charge is 2.41. The summed E-state index contributed by atoms with van der Waals surface area (Å²) in [4.78, 5) is 18.8. The lowest BCUT2D eigenvalue weighted by atomic mass is 9.76. The summed E-state index contributed by atoms with van der Waals surface area (Å²) in [6, 6.07) is 47.7. The van der Waals surface area contributed by atoms with Crippen LogP contribution in [0.25, 0.3) is 11.1 Å². The van der Waals surface area contributed by atoms with Gasteiger partial charge in [-0.1, -0.05) is 172 Å². The second kappa shape index (κ2) is 18.8. The molecule has 0 bridgehead atoms. The number of imidazole rings is 1. The molecule has 1 saturated heterocycles. The summed E-state index contributed by atoms with van der Waals surface area (Å²) in [5, 5.41) is 12.3. The van der Waals surface area contributed by atoms with Crippen molar-refractivity contribution in [2.45, 2.75) is 81.3 Å². The first-order valence-corrected chi connectivity index (χ1v) is 20.8. The Morgan fingerprint density at radius 3 is 1.86 bits per heavy atom. The molecule has 58 heavy (non-hydrogen) atoms. The maximum Gasteiger partial charge on any atom is 0.407 e. The molecule has 3 atom stereocenters. The molecule has 8 heteroatoms. The zero-order valence-electron chi connectivity index (χ0n) is 33.0. The van der Waals surface area contributed by atoms with E-state index in [2.05, 4.69) is 119 Å². The summed E-state index contributed by atoms with van der Waals surface area (Å²) in [7, 11) is 0. The number of rotatable bonds is 18. The highest BCUT2D eigenvalue weighted by Crippen LogP contribution is 2.45. The molecule has 6 aromatic rings. The third kappa shape index (κ3) is 8.37. The SMILES string of the molecule is O=C(N[C@@H](Cc1cncn1C(c1ccccc1)(c1ccccc1)c1ccccc1)C1OCC(CCCCCCCCO)O1)OCC1c2ccccc2-c2ccccc21. The second-order valence-electron chi connectivity index (χ2n) is 15.4. The van der Waals surface area contributed by atoms with E-state index in [-0.39, 0.29) is 25.2 Å². The molecule has 2 heterocycles. The zero-order chi connectivity index (χ0) is 39.6. The van der Waals surface area contributed by atoms with Gasteiger partial charge in [-0.25, -0.2) is 9.78 Å². The van der Waals surface area contributed by atoms with Gasteiger partial charge in [0.15, 0.2) is 6.29 Å². The summed E-state index contributed by atoms with van der Waals surface area (Å²) < 4.78 is 21.3. The Labute approximate surface area is 341 Å². The van der Waals surface area contributed by atoms with Crippen LogP contribution in [-0.2, 0) is 26.2 Å². The monoisotopic (exact) mass is 775 g/mol. The number of carbonyl (C=O) groups is 1. The molecule has 1 aliphatic carbocycles. The minimum atomic E-state index is -0.777. The molecule has 1 fully saturated rings. The van der Waals surface area contributed by atoms with Crippen molar-refractivity contribution in [3.8, 4) is 11.1 Å². The van der Waals surface area contributed by atoms with Gasteiger partial charge >= 0.3 is 6.09 Å². The van der Waals surface area contributed by atoms with Gasteiger partial charge in [0.25, 0.3) is 0 Å². The molecule has 0 radical (unpaired) electrons. The molecule has 2 N–H and O–H groups in total. The summed E-state index contributed by atoms with van der Waals surface area (Å²) in [6.45, 7) is 0.919. The van der Waals surface area contributed by atoms with Gasteiger partial charge in [-0.15, -0.1) is 0 Å². The Balaban J connectivity index is 1.07. The van der Waals surface area contributed by atoms with E-state index in [9.17, 15) is 4.79 Å². The van der Waals surface area contributed by atoms with Crippen LogP contribution in [0.4, 0.5) is 4.79 Å². The van der Waals surface area contributed by atoms with E-state index in [0.29, 0.717) is 13.0 Å². The van der Waals surface area contributed by atoms with Gasteiger partial charge in [0.1, 0.15) is 12.1 Å². The van der Waals surface area contributed by atoms with Crippen LogP contribution in [0.15, 0.2) is 152 Å². The average Bonchev–Trinajstić information content (AvgIpc) is 4.02. The third-order valence-electron chi connectivity index (χ3n) is 11.8.